The molecule has 0 aliphatic heterocycles. The molecule has 0 unspecified atom stereocenters. The van der Waals surface area contributed by atoms with Crippen molar-refractivity contribution in [2.75, 3.05) is 6.54 Å². The average molecular weight is 246 g/mol. The van der Waals surface area contributed by atoms with E-state index < -0.39 is 0 Å². The number of nitrogens with one attached hydrogen (secondary N) is 1. The number of benzene rings is 1. The van der Waals surface area contributed by atoms with E-state index >= 15 is 0 Å². The van der Waals surface area contributed by atoms with Gasteiger partial charge in [-0.05, 0) is 17.5 Å². The highest BCUT2D eigenvalue weighted by molar-refractivity contribution is 7.09. The maximum atomic E-state index is 4.26. The first-order valence-corrected chi connectivity index (χ1v) is 6.93. The zero-order chi connectivity index (χ0) is 11.9. The molecular formula is C14H18N2S. The van der Waals surface area contributed by atoms with Gasteiger partial charge in [0, 0.05) is 31.1 Å². The van der Waals surface area contributed by atoms with E-state index in [-0.39, 0.29) is 0 Å². The van der Waals surface area contributed by atoms with Crippen molar-refractivity contribution in [1.82, 2.24) is 10.3 Å². The summed E-state index contributed by atoms with van der Waals surface area (Å²) in [6, 6.07) is 8.82. The number of hydrogen-bond donors (Lipinski definition) is 1. The Morgan fingerprint density at radius 1 is 1.18 bits per heavy atom. The summed E-state index contributed by atoms with van der Waals surface area (Å²) >= 11 is 1.72. The summed E-state index contributed by atoms with van der Waals surface area (Å²) in [4.78, 5) is 4.26. The van der Waals surface area contributed by atoms with E-state index in [0.29, 0.717) is 0 Å². The molecule has 2 aromatic rings. The number of nitrogens with zero attached hydrogens (tertiary/aromatic N) is 1. The van der Waals surface area contributed by atoms with Crippen LogP contribution in [0, 0.1) is 0 Å². The summed E-state index contributed by atoms with van der Waals surface area (Å²) in [5, 5.41) is 6.68. The maximum Gasteiger partial charge on any atom is 0.0937 e. The summed E-state index contributed by atoms with van der Waals surface area (Å²) in [5.74, 6) is 0. The SMILES string of the molecule is CCc1ccc(CNCCc2nccs2)cc1. The second-order valence-corrected chi connectivity index (χ2v) is 5.00. The van der Waals surface area contributed by atoms with Crippen molar-refractivity contribution < 1.29 is 0 Å². The molecule has 0 saturated heterocycles. The first-order valence-electron chi connectivity index (χ1n) is 6.05. The Hall–Kier alpha value is -1.19. The molecule has 2 nitrogen and oxygen atoms in total. The molecule has 2 rings (SSSR count). The number of rotatable bonds is 6. The molecule has 1 heterocycles. The average Bonchev–Trinajstić information content (AvgIpc) is 2.88. The minimum atomic E-state index is 0.940. The molecule has 0 fully saturated rings. The predicted molar refractivity (Wildman–Crippen MR) is 73.3 cm³/mol. The third kappa shape index (κ3) is 3.95. The van der Waals surface area contributed by atoms with E-state index in [9.17, 15) is 0 Å². The Morgan fingerprint density at radius 2 is 1.94 bits per heavy atom. The molecule has 0 aliphatic carbocycles. The van der Waals surface area contributed by atoms with Crippen LogP contribution in [-0.4, -0.2) is 11.5 Å². The molecule has 0 saturated carbocycles. The van der Waals surface area contributed by atoms with Crippen molar-refractivity contribution in [3.05, 3.63) is 52.0 Å². The van der Waals surface area contributed by atoms with Gasteiger partial charge in [-0.1, -0.05) is 31.2 Å². The van der Waals surface area contributed by atoms with Gasteiger partial charge in [0.2, 0.25) is 0 Å². The van der Waals surface area contributed by atoms with E-state index in [1.807, 2.05) is 11.6 Å². The monoisotopic (exact) mass is 246 g/mol. The highest BCUT2D eigenvalue weighted by atomic mass is 32.1. The first kappa shape index (κ1) is 12.3. The van der Waals surface area contributed by atoms with Gasteiger partial charge >= 0.3 is 0 Å². The molecule has 1 aromatic carbocycles. The number of aryl methyl sites for hydroxylation is 1. The summed E-state index contributed by atoms with van der Waals surface area (Å²) in [5.41, 5.74) is 2.75. The molecule has 1 aromatic heterocycles. The van der Waals surface area contributed by atoms with E-state index in [2.05, 4.69) is 41.5 Å². The lowest BCUT2D eigenvalue weighted by Gasteiger charge is -2.04. The highest BCUT2D eigenvalue weighted by Gasteiger charge is 1.96. The van der Waals surface area contributed by atoms with Crippen LogP contribution in [0.2, 0.25) is 0 Å². The van der Waals surface area contributed by atoms with Gasteiger partial charge in [-0.2, -0.15) is 0 Å². The molecule has 0 bridgehead atoms. The Morgan fingerprint density at radius 3 is 2.59 bits per heavy atom. The second kappa shape index (κ2) is 6.52. The normalized spacial score (nSPS) is 10.6. The summed E-state index contributed by atoms with van der Waals surface area (Å²) in [6.07, 6.45) is 3.99. The molecule has 90 valence electrons. The van der Waals surface area contributed by atoms with Crippen LogP contribution in [-0.2, 0) is 19.4 Å². The van der Waals surface area contributed by atoms with Gasteiger partial charge in [0.05, 0.1) is 5.01 Å². The molecule has 0 radical (unpaired) electrons. The van der Waals surface area contributed by atoms with Crippen molar-refractivity contribution >= 4 is 11.3 Å². The third-order valence-electron chi connectivity index (χ3n) is 2.76. The van der Waals surface area contributed by atoms with Crippen LogP contribution in [0.5, 0.6) is 0 Å². The lowest BCUT2D eigenvalue weighted by atomic mass is 10.1. The minimum Gasteiger partial charge on any atom is -0.312 e. The van der Waals surface area contributed by atoms with E-state index in [4.69, 9.17) is 0 Å². The van der Waals surface area contributed by atoms with Gasteiger partial charge in [0.15, 0.2) is 0 Å². The minimum absolute atomic E-state index is 0.940. The number of thiazole rings is 1. The molecule has 0 aliphatic rings. The Balaban J connectivity index is 1.70. The molecule has 0 atom stereocenters. The fourth-order valence-corrected chi connectivity index (χ4v) is 2.32. The number of aromatic nitrogens is 1. The van der Waals surface area contributed by atoms with Gasteiger partial charge < -0.3 is 5.32 Å². The van der Waals surface area contributed by atoms with Gasteiger partial charge in [0.25, 0.3) is 0 Å². The molecular weight excluding hydrogens is 228 g/mol. The van der Waals surface area contributed by atoms with Crippen LogP contribution in [0.4, 0.5) is 0 Å². The predicted octanol–water partition coefficient (Wildman–Crippen LogP) is 3.04. The Labute approximate surface area is 107 Å². The van der Waals surface area contributed by atoms with Gasteiger partial charge in [0.1, 0.15) is 0 Å². The number of hydrogen-bond acceptors (Lipinski definition) is 3. The van der Waals surface area contributed by atoms with Crippen molar-refractivity contribution in [2.45, 2.75) is 26.3 Å². The first-order chi connectivity index (χ1) is 8.38. The molecule has 3 heteroatoms. The standard InChI is InChI=1S/C14H18N2S/c1-2-12-3-5-13(6-4-12)11-15-8-7-14-16-9-10-17-14/h3-6,9-10,15H,2,7-8,11H2,1H3. The van der Waals surface area contributed by atoms with Crippen molar-refractivity contribution in [3.63, 3.8) is 0 Å². The topological polar surface area (TPSA) is 24.9 Å². The van der Waals surface area contributed by atoms with Gasteiger partial charge in [-0.15, -0.1) is 11.3 Å². The van der Waals surface area contributed by atoms with Crippen molar-refractivity contribution in [3.8, 4) is 0 Å². The summed E-state index contributed by atoms with van der Waals surface area (Å²) < 4.78 is 0. The van der Waals surface area contributed by atoms with Crippen LogP contribution in [0.3, 0.4) is 0 Å². The van der Waals surface area contributed by atoms with Crippen molar-refractivity contribution in [1.29, 1.82) is 0 Å². The fraction of sp³-hybridized carbons (Fsp3) is 0.357. The smallest absolute Gasteiger partial charge is 0.0937 e. The summed E-state index contributed by atoms with van der Waals surface area (Å²) in [6.45, 7) is 4.11. The fourth-order valence-electron chi connectivity index (χ4n) is 1.70. The third-order valence-corrected chi connectivity index (χ3v) is 3.60. The Bertz CT molecular complexity index is 420. The van der Waals surface area contributed by atoms with Crippen LogP contribution in [0.15, 0.2) is 35.8 Å². The molecule has 0 amide bonds. The van der Waals surface area contributed by atoms with Gasteiger partial charge in [-0.3, -0.25) is 0 Å². The van der Waals surface area contributed by atoms with Crippen LogP contribution < -0.4 is 5.32 Å². The maximum absolute atomic E-state index is 4.26. The lowest BCUT2D eigenvalue weighted by Crippen LogP contribution is -2.16. The summed E-state index contributed by atoms with van der Waals surface area (Å²) in [7, 11) is 0. The zero-order valence-electron chi connectivity index (χ0n) is 10.1. The second-order valence-electron chi connectivity index (χ2n) is 4.02. The van der Waals surface area contributed by atoms with Crippen LogP contribution in [0.1, 0.15) is 23.1 Å². The quantitative estimate of drug-likeness (QED) is 0.792. The van der Waals surface area contributed by atoms with E-state index in [1.165, 1.54) is 16.1 Å². The van der Waals surface area contributed by atoms with E-state index in [0.717, 1.165) is 25.9 Å². The molecule has 1 N–H and O–H groups in total. The van der Waals surface area contributed by atoms with Crippen molar-refractivity contribution in [2.24, 2.45) is 0 Å². The van der Waals surface area contributed by atoms with Crippen LogP contribution in [0.25, 0.3) is 0 Å². The largest absolute Gasteiger partial charge is 0.312 e. The van der Waals surface area contributed by atoms with Crippen LogP contribution >= 0.6 is 11.3 Å². The molecule has 0 spiro atoms. The van der Waals surface area contributed by atoms with E-state index in [1.54, 1.807) is 11.3 Å². The highest BCUT2D eigenvalue weighted by Crippen LogP contribution is 2.06. The molecule has 17 heavy (non-hydrogen) atoms. The Kier molecular flexibility index (Phi) is 4.71. The zero-order valence-corrected chi connectivity index (χ0v) is 11.0. The lowest BCUT2D eigenvalue weighted by molar-refractivity contribution is 0.685. The van der Waals surface area contributed by atoms with Gasteiger partial charge in [-0.25, -0.2) is 4.98 Å².